The van der Waals surface area contributed by atoms with Crippen molar-refractivity contribution in [2.45, 2.75) is 27.4 Å². The zero-order chi connectivity index (χ0) is 37.0. The minimum Gasteiger partial charge on any atom is -1.00 e. The van der Waals surface area contributed by atoms with Crippen LogP contribution in [0.2, 0.25) is 0 Å². The van der Waals surface area contributed by atoms with Crippen LogP contribution in [0.3, 0.4) is 0 Å². The van der Waals surface area contributed by atoms with Crippen molar-refractivity contribution >= 4 is 69.2 Å². The Morgan fingerprint density at radius 3 is 1.72 bits per heavy atom. The van der Waals surface area contributed by atoms with Crippen molar-refractivity contribution in [2.75, 3.05) is 26.4 Å². The Bertz CT molecular complexity index is 1770. The van der Waals surface area contributed by atoms with Crippen LogP contribution in [-0.4, -0.2) is 75.8 Å². The van der Waals surface area contributed by atoms with Crippen LogP contribution in [0.25, 0.3) is 25.7 Å². The van der Waals surface area contributed by atoms with Gasteiger partial charge >= 0.3 is 66.9 Å². The van der Waals surface area contributed by atoms with Crippen LogP contribution in [0.5, 0.6) is 0 Å². The van der Waals surface area contributed by atoms with Gasteiger partial charge in [-0.2, -0.15) is 0 Å². The molecule has 5 aromatic rings. The number of aliphatic hydroxyl groups is 1. The standard InChI is InChI=1S/C12H11NO2S.C10H9NOS.C9H10OS.C5H7NO2.CN.Al.Li.Na.4H/c1-2-15-12(14)10-11(16-8-13-10)9-6-4-3-5-7-9;12-6-9-10(13-7-11-9)8-4-2-1-3-5-8;1-2-10-9(11)8-6-4-3-5-7-8;1-3-8-5(7)4-6-2;1-2;;;;;;;/h3-8H,2H2,1H3;1-5,7,12H,6H2;3-7H,2H2,1H3;3-4H2,1H3;;;;;;;;/q;;;;-1;;2*+1;;;;-1. The Hall–Kier alpha value is -3.18. The van der Waals surface area contributed by atoms with Crippen molar-refractivity contribution in [1.82, 2.24) is 9.97 Å². The Morgan fingerprint density at radius 1 is 0.792 bits per heavy atom. The van der Waals surface area contributed by atoms with Crippen LogP contribution >= 0.6 is 34.9 Å². The predicted molar refractivity (Wildman–Crippen MR) is 211 cm³/mol. The third kappa shape index (κ3) is 21.3. The van der Waals surface area contributed by atoms with Gasteiger partial charge in [-0.25, -0.2) is 26.1 Å². The van der Waals surface area contributed by atoms with Crippen LogP contribution in [0, 0.1) is 18.4 Å². The van der Waals surface area contributed by atoms with Crippen molar-refractivity contribution in [3.63, 3.8) is 0 Å². The Labute approximate surface area is 371 Å². The van der Waals surface area contributed by atoms with Crippen LogP contribution in [0.1, 0.15) is 43.9 Å². The number of thiocarbonyl (C=S) groups is 1. The van der Waals surface area contributed by atoms with Gasteiger partial charge in [-0.3, -0.25) is 0 Å². The predicted octanol–water partition coefficient (Wildman–Crippen LogP) is 1.19. The summed E-state index contributed by atoms with van der Waals surface area (Å²) in [5.41, 5.74) is 7.67. The Kier molecular flexibility index (Phi) is 35.3. The second kappa shape index (κ2) is 34.6. The molecule has 0 atom stereocenters. The molecule has 53 heavy (non-hydrogen) atoms. The summed E-state index contributed by atoms with van der Waals surface area (Å²) in [6.45, 7) is 17.6. The molecule has 0 unspecified atom stereocenters. The first-order chi connectivity index (χ1) is 24.4. The van der Waals surface area contributed by atoms with E-state index >= 15 is 0 Å². The molecule has 0 bridgehead atoms. The molecule has 0 aliphatic rings. The van der Waals surface area contributed by atoms with Gasteiger partial charge in [-0.05, 0) is 44.1 Å². The number of hydrogen-bond acceptors (Lipinski definition) is 12. The van der Waals surface area contributed by atoms with E-state index in [1.807, 2.05) is 97.9 Å². The molecule has 0 aliphatic heterocycles. The molecule has 268 valence electrons. The van der Waals surface area contributed by atoms with Crippen molar-refractivity contribution in [3.8, 4) is 20.9 Å². The molecule has 1 N–H and O–H groups in total. The average Bonchev–Trinajstić information content (AvgIpc) is 3.86. The number of nitrogens with zero attached hydrogens (tertiary/aromatic N) is 4. The number of ether oxygens (including phenoxy) is 3. The molecule has 0 amide bonds. The molecule has 10 nitrogen and oxygen atoms in total. The second-order valence-corrected chi connectivity index (χ2v) is 11.1. The Morgan fingerprint density at radius 2 is 1.25 bits per heavy atom. The van der Waals surface area contributed by atoms with Gasteiger partial charge in [0, 0.05) is 5.56 Å². The molecule has 5 rings (SSSR count). The number of carbonyl (C=O) groups excluding carboxylic acids is 2. The van der Waals surface area contributed by atoms with E-state index in [0.717, 1.165) is 32.1 Å². The summed E-state index contributed by atoms with van der Waals surface area (Å²) in [5.74, 6) is -0.801. The van der Waals surface area contributed by atoms with Gasteiger partial charge in [-0.15, -0.1) is 22.7 Å². The Balaban J connectivity index is -0.000000304. The summed E-state index contributed by atoms with van der Waals surface area (Å²) >= 11 is 8.00. The van der Waals surface area contributed by atoms with E-state index in [0.29, 0.717) is 30.6 Å². The fourth-order valence-corrected chi connectivity index (χ4v) is 5.50. The first-order valence-corrected chi connectivity index (χ1v) is 17.2. The monoisotopic (exact) mass is 790 g/mol. The van der Waals surface area contributed by atoms with Crippen molar-refractivity contribution in [3.05, 3.63) is 137 Å². The van der Waals surface area contributed by atoms with Gasteiger partial charge in [0.2, 0.25) is 0 Å². The second-order valence-electron chi connectivity index (χ2n) is 8.98. The van der Waals surface area contributed by atoms with E-state index in [1.54, 1.807) is 36.2 Å². The van der Waals surface area contributed by atoms with E-state index in [9.17, 15) is 9.59 Å². The number of rotatable bonds is 9. The largest absolute Gasteiger partial charge is 1.00 e. The number of benzene rings is 3. The van der Waals surface area contributed by atoms with E-state index < -0.39 is 5.97 Å². The van der Waals surface area contributed by atoms with Gasteiger partial charge in [0.15, 0.2) is 28.1 Å². The molecule has 0 saturated carbocycles. The number of aliphatic hydroxyl groups excluding tert-OH is 1. The summed E-state index contributed by atoms with van der Waals surface area (Å²) in [5, 5.41) is 15.8. The number of thiazole rings is 2. The maximum absolute atomic E-state index is 11.6. The number of aromatic nitrogens is 2. The SMILES string of the molecule is CCOC(=O)c1ncsc1-c1ccccc1.CCOC(=S)c1ccccc1.OCc1ncsc1-c1ccccc1.[AlH3].[C-]#N.[C-]#[N+]CC(=O)OCC.[H-].[Li+].[Na+]. The minimum atomic E-state index is -0.442. The van der Waals surface area contributed by atoms with Gasteiger partial charge in [-0.1, -0.05) is 91.0 Å². The first-order valence-electron chi connectivity index (χ1n) is 15.1. The third-order valence-electron chi connectivity index (χ3n) is 5.70. The van der Waals surface area contributed by atoms with Crippen molar-refractivity contribution in [2.24, 2.45) is 0 Å². The number of carbonyl (C=O) groups is 2. The maximum Gasteiger partial charge on any atom is 1.00 e. The molecule has 0 spiro atoms. The molecule has 0 radical (unpaired) electrons. The van der Waals surface area contributed by atoms with Crippen LogP contribution in [-0.2, 0) is 25.6 Å². The average molecular weight is 791 g/mol. The molecular formula is C37H41AlLiN4NaO6S3. The summed E-state index contributed by atoms with van der Waals surface area (Å²) in [6, 6.07) is 29.4. The van der Waals surface area contributed by atoms with E-state index in [4.69, 9.17) is 45.2 Å². The normalized spacial score (nSPS) is 8.62. The topological polar surface area (TPSA) is 136 Å². The smallest absolute Gasteiger partial charge is 1.00 e. The summed E-state index contributed by atoms with van der Waals surface area (Å²) in [7, 11) is 0. The van der Waals surface area contributed by atoms with E-state index in [2.05, 4.69) is 19.5 Å². The van der Waals surface area contributed by atoms with Gasteiger partial charge < -0.3 is 37.4 Å². The third-order valence-corrected chi connectivity index (χ3v) is 7.84. The zero-order valence-electron chi connectivity index (χ0n) is 30.9. The van der Waals surface area contributed by atoms with Gasteiger partial charge in [0.25, 0.3) is 0 Å². The molecule has 2 aromatic heterocycles. The summed E-state index contributed by atoms with van der Waals surface area (Å²) in [4.78, 5) is 34.7. The molecule has 0 aliphatic carbocycles. The van der Waals surface area contributed by atoms with E-state index in [1.165, 1.54) is 11.3 Å². The zero-order valence-corrected chi connectivity index (χ0v) is 34.3. The van der Waals surface area contributed by atoms with Gasteiger partial charge in [0.1, 0.15) is 0 Å². The van der Waals surface area contributed by atoms with Crippen LogP contribution in [0.15, 0.2) is 102 Å². The molecule has 2 heterocycles. The molecule has 3 aromatic carbocycles. The quantitative estimate of drug-likeness (QED) is 0.101. The van der Waals surface area contributed by atoms with Crippen molar-refractivity contribution < 1.29 is 78.8 Å². The van der Waals surface area contributed by atoms with Gasteiger partial charge in [0.05, 0.1) is 52.9 Å². The van der Waals surface area contributed by atoms with Crippen LogP contribution < -0.4 is 48.4 Å². The van der Waals surface area contributed by atoms with Crippen molar-refractivity contribution in [1.29, 1.82) is 5.26 Å². The summed E-state index contributed by atoms with van der Waals surface area (Å²) in [6.07, 6.45) is 0. The van der Waals surface area contributed by atoms with Crippen LogP contribution in [0.4, 0.5) is 0 Å². The number of hydrogen-bond donors (Lipinski definition) is 1. The molecule has 0 saturated heterocycles. The van der Waals surface area contributed by atoms with E-state index in [-0.39, 0.29) is 86.3 Å². The molecule has 16 heteroatoms. The minimum absolute atomic E-state index is 0. The molecule has 0 fully saturated rings. The number of esters is 2. The first kappa shape index (κ1) is 54.2. The fourth-order valence-electron chi connectivity index (χ4n) is 3.65. The maximum atomic E-state index is 11.6. The fraction of sp³-hybridized carbons (Fsp3) is 0.216. The molecular weight excluding hydrogens is 750 g/mol. The summed E-state index contributed by atoms with van der Waals surface area (Å²) < 4.78 is 14.5.